The molecule has 20 heavy (non-hydrogen) atoms. The van der Waals surface area contributed by atoms with Crippen molar-refractivity contribution in [1.29, 1.82) is 0 Å². The number of halogens is 1. The smallest absolute Gasteiger partial charge is 0.230 e. The maximum absolute atomic E-state index is 5.99. The molecule has 1 N–H and O–H groups in total. The van der Waals surface area contributed by atoms with Crippen molar-refractivity contribution in [2.24, 2.45) is 0 Å². The predicted molar refractivity (Wildman–Crippen MR) is 83.8 cm³/mol. The standard InChI is InChI=1S/C13H16ClN5S/c1-15-12-16-11(9-5-6-10(14)20-9)17-13(18-12)19-7-3-2-4-8-19/h5-6H,2-4,7-8H2,1H3,(H,15,16,17,18). The largest absolute Gasteiger partial charge is 0.357 e. The van der Waals surface area contributed by atoms with E-state index in [1.165, 1.54) is 30.6 Å². The Morgan fingerprint density at radius 1 is 1.15 bits per heavy atom. The van der Waals surface area contributed by atoms with Crippen LogP contribution in [-0.2, 0) is 0 Å². The number of anilines is 2. The number of aromatic nitrogens is 3. The lowest BCUT2D eigenvalue weighted by molar-refractivity contribution is 0.568. The van der Waals surface area contributed by atoms with Gasteiger partial charge in [-0.3, -0.25) is 0 Å². The minimum atomic E-state index is 0.597. The van der Waals surface area contributed by atoms with E-state index in [2.05, 4.69) is 25.2 Å². The number of hydrogen-bond acceptors (Lipinski definition) is 6. The summed E-state index contributed by atoms with van der Waals surface area (Å²) >= 11 is 7.48. The number of nitrogens with one attached hydrogen (secondary N) is 1. The molecule has 7 heteroatoms. The Morgan fingerprint density at radius 3 is 2.60 bits per heavy atom. The van der Waals surface area contributed by atoms with Crippen molar-refractivity contribution in [3.63, 3.8) is 0 Å². The molecular formula is C13H16ClN5S. The molecule has 0 aliphatic carbocycles. The average Bonchev–Trinajstić information content (AvgIpc) is 2.94. The van der Waals surface area contributed by atoms with E-state index < -0.39 is 0 Å². The molecule has 2 aromatic heterocycles. The number of thiophene rings is 1. The van der Waals surface area contributed by atoms with Crippen LogP contribution < -0.4 is 10.2 Å². The molecular weight excluding hydrogens is 294 g/mol. The minimum absolute atomic E-state index is 0.597. The fraction of sp³-hybridized carbons (Fsp3) is 0.462. The molecule has 0 spiro atoms. The third-order valence-corrected chi connectivity index (χ3v) is 4.51. The van der Waals surface area contributed by atoms with E-state index in [1.54, 1.807) is 0 Å². The molecule has 0 radical (unpaired) electrons. The molecule has 0 aromatic carbocycles. The van der Waals surface area contributed by atoms with Crippen LogP contribution in [0.25, 0.3) is 10.7 Å². The predicted octanol–water partition coefficient (Wildman–Crippen LogP) is 3.29. The van der Waals surface area contributed by atoms with Gasteiger partial charge in [0.2, 0.25) is 11.9 Å². The molecule has 5 nitrogen and oxygen atoms in total. The van der Waals surface area contributed by atoms with Crippen LogP contribution in [0.1, 0.15) is 19.3 Å². The SMILES string of the molecule is CNc1nc(-c2ccc(Cl)s2)nc(N2CCCCC2)n1. The van der Waals surface area contributed by atoms with E-state index in [9.17, 15) is 0 Å². The molecule has 0 unspecified atom stereocenters. The molecule has 1 aliphatic rings. The van der Waals surface area contributed by atoms with Gasteiger partial charge in [-0.15, -0.1) is 11.3 Å². The Labute approximate surface area is 127 Å². The number of hydrogen-bond donors (Lipinski definition) is 1. The van der Waals surface area contributed by atoms with Crippen LogP contribution in [0.4, 0.5) is 11.9 Å². The Hall–Kier alpha value is -1.40. The number of nitrogens with zero attached hydrogens (tertiary/aromatic N) is 4. The second kappa shape index (κ2) is 5.93. The highest BCUT2D eigenvalue weighted by Gasteiger charge is 2.17. The third-order valence-electron chi connectivity index (χ3n) is 3.28. The summed E-state index contributed by atoms with van der Waals surface area (Å²) < 4.78 is 0.742. The lowest BCUT2D eigenvalue weighted by Crippen LogP contribution is -2.31. The van der Waals surface area contributed by atoms with Crippen molar-refractivity contribution >= 4 is 34.8 Å². The summed E-state index contributed by atoms with van der Waals surface area (Å²) in [5.41, 5.74) is 0. The fourth-order valence-electron chi connectivity index (χ4n) is 2.26. The molecule has 3 rings (SSSR count). The van der Waals surface area contributed by atoms with Crippen molar-refractivity contribution in [3.8, 4) is 10.7 Å². The van der Waals surface area contributed by atoms with Crippen LogP contribution in [0, 0.1) is 0 Å². The Kier molecular flexibility index (Phi) is 4.03. The van der Waals surface area contributed by atoms with Crippen molar-refractivity contribution in [3.05, 3.63) is 16.5 Å². The molecule has 0 atom stereocenters. The van der Waals surface area contributed by atoms with Gasteiger partial charge in [-0.2, -0.15) is 15.0 Å². The van der Waals surface area contributed by atoms with Gasteiger partial charge in [0.1, 0.15) is 0 Å². The van der Waals surface area contributed by atoms with Crippen LogP contribution in [-0.4, -0.2) is 35.1 Å². The molecule has 0 amide bonds. The quantitative estimate of drug-likeness (QED) is 0.943. The topological polar surface area (TPSA) is 53.9 Å². The van der Waals surface area contributed by atoms with Crippen LogP contribution in [0.3, 0.4) is 0 Å². The molecule has 0 bridgehead atoms. The summed E-state index contributed by atoms with van der Waals surface area (Å²) in [5.74, 6) is 2.03. The van der Waals surface area contributed by atoms with Gasteiger partial charge in [0.15, 0.2) is 5.82 Å². The molecule has 1 saturated heterocycles. The number of rotatable bonds is 3. The molecule has 1 aliphatic heterocycles. The zero-order valence-corrected chi connectivity index (χ0v) is 12.8. The zero-order chi connectivity index (χ0) is 13.9. The summed E-state index contributed by atoms with van der Waals surface area (Å²) in [7, 11) is 1.82. The van der Waals surface area contributed by atoms with E-state index in [4.69, 9.17) is 11.6 Å². The Balaban J connectivity index is 1.97. The van der Waals surface area contributed by atoms with E-state index in [0.29, 0.717) is 11.8 Å². The van der Waals surface area contributed by atoms with Gasteiger partial charge in [-0.05, 0) is 31.4 Å². The van der Waals surface area contributed by atoms with Gasteiger partial charge in [0, 0.05) is 20.1 Å². The van der Waals surface area contributed by atoms with Crippen molar-refractivity contribution in [2.45, 2.75) is 19.3 Å². The highest BCUT2D eigenvalue weighted by molar-refractivity contribution is 7.19. The van der Waals surface area contributed by atoms with Gasteiger partial charge < -0.3 is 10.2 Å². The normalized spacial score (nSPS) is 15.4. The van der Waals surface area contributed by atoms with Gasteiger partial charge in [0.25, 0.3) is 0 Å². The van der Waals surface area contributed by atoms with Gasteiger partial charge >= 0.3 is 0 Å². The second-order valence-corrected chi connectivity index (χ2v) is 6.40. The summed E-state index contributed by atoms with van der Waals surface area (Å²) in [6.07, 6.45) is 3.68. The summed E-state index contributed by atoms with van der Waals surface area (Å²) in [5, 5.41) is 3.01. The highest BCUT2D eigenvalue weighted by atomic mass is 35.5. The maximum Gasteiger partial charge on any atom is 0.230 e. The first kappa shape index (κ1) is 13.6. The molecule has 106 valence electrons. The molecule has 0 saturated carbocycles. The third kappa shape index (κ3) is 2.86. The lowest BCUT2D eigenvalue weighted by atomic mass is 10.1. The van der Waals surface area contributed by atoms with Crippen LogP contribution in [0.5, 0.6) is 0 Å². The van der Waals surface area contributed by atoms with Crippen LogP contribution in [0.15, 0.2) is 12.1 Å². The minimum Gasteiger partial charge on any atom is -0.357 e. The fourth-order valence-corrected chi connectivity index (χ4v) is 3.23. The molecule has 3 heterocycles. The van der Waals surface area contributed by atoms with E-state index in [1.807, 2.05) is 19.2 Å². The van der Waals surface area contributed by atoms with Gasteiger partial charge in [-0.25, -0.2) is 0 Å². The highest BCUT2D eigenvalue weighted by Crippen LogP contribution is 2.30. The van der Waals surface area contributed by atoms with Gasteiger partial charge in [-0.1, -0.05) is 11.6 Å². The van der Waals surface area contributed by atoms with Crippen LogP contribution in [0.2, 0.25) is 4.34 Å². The Morgan fingerprint density at radius 2 is 1.95 bits per heavy atom. The summed E-state index contributed by atoms with van der Waals surface area (Å²) in [6.45, 7) is 2.02. The zero-order valence-electron chi connectivity index (χ0n) is 11.3. The van der Waals surface area contributed by atoms with Crippen molar-refractivity contribution < 1.29 is 0 Å². The second-order valence-electron chi connectivity index (χ2n) is 4.68. The first-order chi connectivity index (χ1) is 9.76. The van der Waals surface area contributed by atoms with Gasteiger partial charge in [0.05, 0.1) is 9.21 Å². The van der Waals surface area contributed by atoms with Crippen LogP contribution >= 0.6 is 22.9 Å². The Bertz CT molecular complexity index is 594. The lowest BCUT2D eigenvalue weighted by Gasteiger charge is -2.26. The monoisotopic (exact) mass is 309 g/mol. The average molecular weight is 310 g/mol. The maximum atomic E-state index is 5.99. The summed E-state index contributed by atoms with van der Waals surface area (Å²) in [4.78, 5) is 16.7. The van der Waals surface area contributed by atoms with E-state index in [-0.39, 0.29) is 0 Å². The van der Waals surface area contributed by atoms with E-state index >= 15 is 0 Å². The van der Waals surface area contributed by atoms with Crippen molar-refractivity contribution in [2.75, 3.05) is 30.4 Å². The summed E-state index contributed by atoms with van der Waals surface area (Å²) in [6, 6.07) is 3.81. The van der Waals surface area contributed by atoms with E-state index in [0.717, 1.165) is 28.3 Å². The molecule has 2 aromatic rings. The first-order valence-corrected chi connectivity index (χ1v) is 7.90. The first-order valence-electron chi connectivity index (χ1n) is 6.71. The number of piperidine rings is 1. The van der Waals surface area contributed by atoms with Crippen molar-refractivity contribution in [1.82, 2.24) is 15.0 Å². The molecule has 1 fully saturated rings.